The van der Waals surface area contributed by atoms with E-state index in [0.29, 0.717) is 11.0 Å². The van der Waals surface area contributed by atoms with Gasteiger partial charge in [-0.05, 0) is 6.07 Å². The van der Waals surface area contributed by atoms with Gasteiger partial charge in [0, 0.05) is 36.8 Å². The van der Waals surface area contributed by atoms with E-state index in [1.165, 1.54) is 6.20 Å². The number of rotatable bonds is 2. The van der Waals surface area contributed by atoms with Gasteiger partial charge >= 0.3 is 6.16 Å². The van der Waals surface area contributed by atoms with Crippen LogP contribution in [0.1, 0.15) is 0 Å². The van der Waals surface area contributed by atoms with Crippen molar-refractivity contribution in [2.45, 2.75) is 0 Å². The molecule has 0 spiro atoms. The number of ether oxygens (including phenoxy) is 1. The Balaban J connectivity index is 2.10. The molecular formula is C12H10N4O3. The van der Waals surface area contributed by atoms with Gasteiger partial charge in [0.15, 0.2) is 5.75 Å². The van der Waals surface area contributed by atoms with Crippen LogP contribution in [0.5, 0.6) is 5.75 Å². The Kier molecular flexibility index (Phi) is 2.45. The molecule has 0 aromatic carbocycles. The molecule has 3 heterocycles. The van der Waals surface area contributed by atoms with Crippen LogP contribution in [-0.4, -0.2) is 31.0 Å². The van der Waals surface area contributed by atoms with Crippen molar-refractivity contribution in [1.82, 2.24) is 19.7 Å². The molecule has 0 aliphatic heterocycles. The van der Waals surface area contributed by atoms with E-state index in [0.717, 1.165) is 11.1 Å². The van der Waals surface area contributed by atoms with Gasteiger partial charge in [0.1, 0.15) is 5.65 Å². The van der Waals surface area contributed by atoms with Gasteiger partial charge in [-0.2, -0.15) is 5.10 Å². The zero-order valence-electron chi connectivity index (χ0n) is 9.99. The number of aryl methyl sites for hydroxylation is 1. The van der Waals surface area contributed by atoms with Crippen LogP contribution in [0, 0.1) is 0 Å². The molecule has 0 aliphatic carbocycles. The first-order chi connectivity index (χ1) is 9.13. The number of aromatic nitrogens is 4. The molecule has 0 amide bonds. The summed E-state index contributed by atoms with van der Waals surface area (Å²) < 4.78 is 6.37. The van der Waals surface area contributed by atoms with Crippen molar-refractivity contribution in [1.29, 1.82) is 0 Å². The number of aromatic amines is 1. The molecule has 0 fully saturated rings. The maximum atomic E-state index is 10.6. The van der Waals surface area contributed by atoms with Gasteiger partial charge in [-0.1, -0.05) is 0 Å². The molecule has 96 valence electrons. The molecule has 7 nitrogen and oxygen atoms in total. The molecule has 2 N–H and O–H groups in total. The highest BCUT2D eigenvalue weighted by Crippen LogP contribution is 2.28. The van der Waals surface area contributed by atoms with Crippen molar-refractivity contribution in [3.05, 3.63) is 30.9 Å². The summed E-state index contributed by atoms with van der Waals surface area (Å²) in [5.74, 6) is 0.237. The van der Waals surface area contributed by atoms with Crippen molar-refractivity contribution in [3.63, 3.8) is 0 Å². The second-order valence-corrected chi connectivity index (χ2v) is 4.04. The SMILES string of the molecule is Cn1cc(-c2cnc3[nH]cc(OC(=O)O)c3c2)cn1. The maximum Gasteiger partial charge on any atom is 0.511 e. The summed E-state index contributed by atoms with van der Waals surface area (Å²) in [5, 5.41) is 13.4. The van der Waals surface area contributed by atoms with E-state index < -0.39 is 6.16 Å². The van der Waals surface area contributed by atoms with Crippen molar-refractivity contribution in [2.24, 2.45) is 7.05 Å². The lowest BCUT2D eigenvalue weighted by molar-refractivity contribution is 0.145. The smallest absolute Gasteiger partial charge is 0.449 e. The summed E-state index contributed by atoms with van der Waals surface area (Å²) in [4.78, 5) is 17.7. The maximum absolute atomic E-state index is 10.6. The van der Waals surface area contributed by atoms with E-state index in [9.17, 15) is 4.79 Å². The predicted molar refractivity (Wildman–Crippen MR) is 66.9 cm³/mol. The normalized spacial score (nSPS) is 10.8. The minimum Gasteiger partial charge on any atom is -0.449 e. The molecular weight excluding hydrogens is 248 g/mol. The predicted octanol–water partition coefficient (Wildman–Crippen LogP) is 2.02. The summed E-state index contributed by atoms with van der Waals surface area (Å²) in [7, 11) is 1.82. The van der Waals surface area contributed by atoms with E-state index in [1.54, 1.807) is 17.1 Å². The van der Waals surface area contributed by atoms with Crippen LogP contribution < -0.4 is 4.74 Å². The first-order valence-electron chi connectivity index (χ1n) is 5.50. The number of nitrogens with one attached hydrogen (secondary N) is 1. The first-order valence-corrected chi connectivity index (χ1v) is 5.50. The fourth-order valence-electron chi connectivity index (χ4n) is 1.89. The number of fused-ring (bicyclic) bond motifs is 1. The third-order valence-electron chi connectivity index (χ3n) is 2.73. The van der Waals surface area contributed by atoms with Crippen molar-refractivity contribution >= 4 is 17.2 Å². The molecule has 0 aliphatic rings. The Bertz CT molecular complexity index is 759. The topological polar surface area (TPSA) is 93.0 Å². The van der Waals surface area contributed by atoms with E-state index in [4.69, 9.17) is 5.11 Å². The lowest BCUT2D eigenvalue weighted by Gasteiger charge is -1.99. The summed E-state index contributed by atoms with van der Waals surface area (Å²) >= 11 is 0. The summed E-state index contributed by atoms with van der Waals surface area (Å²) in [5.41, 5.74) is 2.32. The lowest BCUT2D eigenvalue weighted by atomic mass is 10.1. The minimum absolute atomic E-state index is 0.237. The Hall–Kier alpha value is -2.83. The van der Waals surface area contributed by atoms with E-state index in [-0.39, 0.29) is 5.75 Å². The van der Waals surface area contributed by atoms with Gasteiger partial charge in [0.05, 0.1) is 11.6 Å². The molecule has 3 aromatic rings. The minimum atomic E-state index is -1.35. The Morgan fingerprint density at radius 2 is 2.26 bits per heavy atom. The van der Waals surface area contributed by atoms with Crippen LogP contribution in [0.15, 0.2) is 30.9 Å². The third kappa shape index (κ3) is 2.01. The summed E-state index contributed by atoms with van der Waals surface area (Å²) in [6.45, 7) is 0. The average Bonchev–Trinajstić information content (AvgIpc) is 2.95. The van der Waals surface area contributed by atoms with Gasteiger partial charge in [-0.15, -0.1) is 0 Å². The molecule has 0 saturated carbocycles. The van der Waals surface area contributed by atoms with Gasteiger partial charge < -0.3 is 14.8 Å². The number of pyridine rings is 1. The van der Waals surface area contributed by atoms with Gasteiger partial charge in [-0.25, -0.2) is 9.78 Å². The second kappa shape index (κ2) is 4.13. The standard InChI is InChI=1S/C12H10N4O3/c1-16-6-8(4-15-16)7-2-9-10(19-12(17)18)5-14-11(9)13-3-7/h2-6H,1H3,(H,13,14)(H,17,18). The van der Waals surface area contributed by atoms with Crippen LogP contribution in [0.4, 0.5) is 4.79 Å². The molecule has 3 rings (SSSR count). The van der Waals surface area contributed by atoms with Crippen LogP contribution in [0.25, 0.3) is 22.2 Å². The van der Waals surface area contributed by atoms with Crippen LogP contribution >= 0.6 is 0 Å². The van der Waals surface area contributed by atoms with Gasteiger partial charge in [0.2, 0.25) is 0 Å². The van der Waals surface area contributed by atoms with Crippen molar-refractivity contribution in [3.8, 4) is 16.9 Å². The summed E-state index contributed by atoms with van der Waals surface area (Å²) in [6.07, 6.45) is 5.38. The Labute approximate surface area is 107 Å². The van der Waals surface area contributed by atoms with E-state index >= 15 is 0 Å². The van der Waals surface area contributed by atoms with Gasteiger partial charge in [-0.3, -0.25) is 4.68 Å². The quantitative estimate of drug-likeness (QED) is 0.686. The highest BCUT2D eigenvalue weighted by atomic mass is 16.7. The zero-order valence-corrected chi connectivity index (χ0v) is 9.99. The molecule has 0 radical (unpaired) electrons. The molecule has 19 heavy (non-hydrogen) atoms. The second-order valence-electron chi connectivity index (χ2n) is 4.04. The zero-order chi connectivity index (χ0) is 13.4. The fourth-order valence-corrected chi connectivity index (χ4v) is 1.89. The van der Waals surface area contributed by atoms with Crippen LogP contribution in [-0.2, 0) is 7.05 Å². The molecule has 3 aromatic heterocycles. The molecule has 0 atom stereocenters. The van der Waals surface area contributed by atoms with E-state index in [2.05, 4.69) is 19.8 Å². The van der Waals surface area contributed by atoms with Crippen molar-refractivity contribution in [2.75, 3.05) is 0 Å². The number of carboxylic acid groups (broad SMARTS) is 1. The Morgan fingerprint density at radius 1 is 1.42 bits per heavy atom. The summed E-state index contributed by atoms with van der Waals surface area (Å²) in [6, 6.07) is 1.81. The number of carbonyl (C=O) groups is 1. The number of nitrogens with zero attached hydrogens (tertiary/aromatic N) is 3. The van der Waals surface area contributed by atoms with Crippen molar-refractivity contribution < 1.29 is 14.6 Å². The molecule has 7 heteroatoms. The lowest BCUT2D eigenvalue weighted by Crippen LogP contribution is -2.02. The molecule has 0 bridgehead atoms. The van der Waals surface area contributed by atoms with E-state index in [1.807, 2.05) is 19.3 Å². The third-order valence-corrected chi connectivity index (χ3v) is 2.73. The highest BCUT2D eigenvalue weighted by molar-refractivity contribution is 5.88. The number of hydrogen-bond donors (Lipinski definition) is 2. The average molecular weight is 258 g/mol. The highest BCUT2D eigenvalue weighted by Gasteiger charge is 2.11. The number of H-pyrrole nitrogens is 1. The van der Waals surface area contributed by atoms with Crippen LogP contribution in [0.3, 0.4) is 0 Å². The monoisotopic (exact) mass is 258 g/mol. The molecule has 0 unspecified atom stereocenters. The first kappa shape index (κ1) is 11.3. The Morgan fingerprint density at radius 3 is 2.95 bits per heavy atom. The van der Waals surface area contributed by atoms with Crippen LogP contribution in [0.2, 0.25) is 0 Å². The number of hydrogen-bond acceptors (Lipinski definition) is 4. The van der Waals surface area contributed by atoms with Gasteiger partial charge in [0.25, 0.3) is 0 Å². The fraction of sp³-hybridized carbons (Fsp3) is 0.0833. The molecule has 0 saturated heterocycles. The largest absolute Gasteiger partial charge is 0.511 e.